The van der Waals surface area contributed by atoms with E-state index < -0.39 is 17.8 Å². The number of carbonyl (C=O) groups excluding carboxylic acids is 1. The van der Waals surface area contributed by atoms with Crippen LogP contribution in [-0.4, -0.2) is 31.1 Å². The van der Waals surface area contributed by atoms with E-state index in [0.717, 1.165) is 12.1 Å². The molecule has 3 aromatic heterocycles. The average Bonchev–Trinajstić information content (AvgIpc) is 3.03. The summed E-state index contributed by atoms with van der Waals surface area (Å²) in [7, 11) is 0. The Hall–Kier alpha value is -3.30. The molecule has 0 unspecified atom stereocenters. The number of hydrogen-bond donors (Lipinski definition) is 2. The van der Waals surface area contributed by atoms with Gasteiger partial charge >= 0.3 is 6.18 Å². The Morgan fingerprint density at radius 1 is 1.16 bits per heavy atom. The van der Waals surface area contributed by atoms with Crippen molar-refractivity contribution in [3.05, 3.63) is 53.5 Å². The van der Waals surface area contributed by atoms with Gasteiger partial charge in [0.05, 0.1) is 11.3 Å². The highest BCUT2D eigenvalue weighted by molar-refractivity contribution is 6.04. The molecule has 0 spiro atoms. The summed E-state index contributed by atoms with van der Waals surface area (Å²) in [6.07, 6.45) is -2.99. The summed E-state index contributed by atoms with van der Waals surface area (Å²) in [5.41, 5.74) is -0.579. The predicted molar refractivity (Wildman–Crippen MR) is 81.5 cm³/mol. The summed E-state index contributed by atoms with van der Waals surface area (Å²) >= 11 is 0. The lowest BCUT2D eigenvalue weighted by atomic mass is 10.1. The minimum absolute atomic E-state index is 0.00261. The van der Waals surface area contributed by atoms with Crippen LogP contribution in [0.3, 0.4) is 0 Å². The fourth-order valence-electron chi connectivity index (χ4n) is 2.06. The van der Waals surface area contributed by atoms with Gasteiger partial charge in [0, 0.05) is 6.20 Å². The molecule has 10 heteroatoms. The van der Waals surface area contributed by atoms with Crippen LogP contribution in [0, 0.1) is 6.92 Å². The molecule has 0 bridgehead atoms. The SMILES string of the molecule is Cc1nc(C(F)(F)F)ccc1C(=O)Nc1n[nH]c(-c2ccccn2)n1. The smallest absolute Gasteiger partial charge is 0.289 e. The number of aromatic amines is 1. The first-order valence-corrected chi connectivity index (χ1v) is 7.04. The van der Waals surface area contributed by atoms with Crippen LogP contribution in [0.5, 0.6) is 0 Å². The molecule has 0 aliphatic heterocycles. The molecule has 128 valence electrons. The number of aromatic nitrogens is 5. The van der Waals surface area contributed by atoms with Crippen molar-refractivity contribution in [3.63, 3.8) is 0 Å². The number of aryl methyl sites for hydroxylation is 1. The minimum atomic E-state index is -4.57. The molecule has 3 rings (SSSR count). The number of pyridine rings is 2. The van der Waals surface area contributed by atoms with Gasteiger partial charge in [-0.2, -0.15) is 18.2 Å². The minimum Gasteiger partial charge on any atom is -0.289 e. The van der Waals surface area contributed by atoms with Crippen molar-refractivity contribution in [2.75, 3.05) is 5.32 Å². The first-order valence-electron chi connectivity index (χ1n) is 7.04. The lowest BCUT2D eigenvalue weighted by molar-refractivity contribution is -0.141. The van der Waals surface area contributed by atoms with Gasteiger partial charge in [-0.15, -0.1) is 5.10 Å². The Balaban J connectivity index is 1.78. The molecule has 3 heterocycles. The molecule has 1 amide bonds. The Labute approximate surface area is 139 Å². The van der Waals surface area contributed by atoms with Crippen LogP contribution < -0.4 is 5.32 Å². The Bertz CT molecular complexity index is 907. The number of nitrogens with one attached hydrogen (secondary N) is 2. The quantitative estimate of drug-likeness (QED) is 0.759. The normalized spacial score (nSPS) is 11.4. The van der Waals surface area contributed by atoms with E-state index in [0.29, 0.717) is 11.5 Å². The predicted octanol–water partition coefficient (Wildman–Crippen LogP) is 2.84. The number of alkyl halides is 3. The van der Waals surface area contributed by atoms with Crippen LogP contribution in [0.4, 0.5) is 19.1 Å². The Morgan fingerprint density at radius 3 is 2.60 bits per heavy atom. The van der Waals surface area contributed by atoms with E-state index in [4.69, 9.17) is 0 Å². The number of hydrogen-bond acceptors (Lipinski definition) is 5. The number of carbonyl (C=O) groups is 1. The zero-order chi connectivity index (χ0) is 18.0. The first kappa shape index (κ1) is 16.6. The summed E-state index contributed by atoms with van der Waals surface area (Å²) in [5.74, 6) is -0.339. The Kier molecular flexibility index (Phi) is 4.17. The van der Waals surface area contributed by atoms with Crippen molar-refractivity contribution < 1.29 is 18.0 Å². The zero-order valence-electron chi connectivity index (χ0n) is 12.8. The fraction of sp³-hybridized carbons (Fsp3) is 0.133. The molecule has 0 saturated carbocycles. The molecule has 7 nitrogen and oxygen atoms in total. The summed E-state index contributed by atoms with van der Waals surface area (Å²) in [4.78, 5) is 23.8. The third kappa shape index (κ3) is 3.62. The molecule has 0 saturated heterocycles. The number of H-pyrrole nitrogens is 1. The van der Waals surface area contributed by atoms with Gasteiger partial charge < -0.3 is 0 Å². The maximum atomic E-state index is 12.6. The highest BCUT2D eigenvalue weighted by Crippen LogP contribution is 2.28. The van der Waals surface area contributed by atoms with E-state index in [9.17, 15) is 18.0 Å². The highest BCUT2D eigenvalue weighted by Gasteiger charge is 2.33. The summed E-state index contributed by atoms with van der Waals surface area (Å²) in [6.45, 7) is 1.32. The van der Waals surface area contributed by atoms with Crippen LogP contribution in [-0.2, 0) is 6.18 Å². The van der Waals surface area contributed by atoms with E-state index in [1.54, 1.807) is 24.4 Å². The summed E-state index contributed by atoms with van der Waals surface area (Å²) in [6, 6.07) is 7.02. The van der Waals surface area contributed by atoms with Crippen molar-refractivity contribution in [2.24, 2.45) is 0 Å². The largest absolute Gasteiger partial charge is 0.433 e. The van der Waals surface area contributed by atoms with E-state index in [2.05, 4.69) is 30.5 Å². The Morgan fingerprint density at radius 2 is 1.96 bits per heavy atom. The molecule has 2 N–H and O–H groups in total. The number of halogens is 3. The van der Waals surface area contributed by atoms with Crippen molar-refractivity contribution in [2.45, 2.75) is 13.1 Å². The zero-order valence-corrected chi connectivity index (χ0v) is 12.8. The molecule has 0 aliphatic rings. The van der Waals surface area contributed by atoms with Crippen molar-refractivity contribution in [3.8, 4) is 11.5 Å². The maximum absolute atomic E-state index is 12.6. The van der Waals surface area contributed by atoms with Crippen LogP contribution in [0.15, 0.2) is 36.5 Å². The third-order valence-electron chi connectivity index (χ3n) is 3.24. The third-order valence-corrected chi connectivity index (χ3v) is 3.24. The number of nitrogens with zero attached hydrogens (tertiary/aromatic N) is 4. The molecule has 0 aromatic carbocycles. The highest BCUT2D eigenvalue weighted by atomic mass is 19.4. The van der Waals surface area contributed by atoms with E-state index in [1.807, 2.05) is 0 Å². The molecule has 0 aliphatic carbocycles. The second-order valence-electron chi connectivity index (χ2n) is 5.00. The monoisotopic (exact) mass is 348 g/mol. The standard InChI is InChI=1S/C15H11F3N6O/c1-8-9(5-6-11(20-8)15(16,17)18)13(25)22-14-21-12(23-24-14)10-4-2-3-7-19-10/h2-7H,1H3,(H2,21,22,23,24,25). The van der Waals surface area contributed by atoms with Gasteiger partial charge in [0.25, 0.3) is 5.91 Å². The second-order valence-corrected chi connectivity index (χ2v) is 5.00. The van der Waals surface area contributed by atoms with Crippen LogP contribution in [0.2, 0.25) is 0 Å². The van der Waals surface area contributed by atoms with Gasteiger partial charge in [-0.3, -0.25) is 20.2 Å². The van der Waals surface area contributed by atoms with Crippen molar-refractivity contribution >= 4 is 11.9 Å². The lowest BCUT2D eigenvalue weighted by Gasteiger charge is -2.09. The molecule has 0 fully saturated rings. The number of amides is 1. The van der Waals surface area contributed by atoms with Gasteiger partial charge in [-0.1, -0.05) is 6.07 Å². The maximum Gasteiger partial charge on any atom is 0.433 e. The van der Waals surface area contributed by atoms with E-state index >= 15 is 0 Å². The first-order chi connectivity index (χ1) is 11.8. The molecule has 0 atom stereocenters. The molecule has 0 radical (unpaired) electrons. The van der Waals surface area contributed by atoms with Gasteiger partial charge in [0.15, 0.2) is 5.82 Å². The van der Waals surface area contributed by atoms with Gasteiger partial charge in [-0.25, -0.2) is 4.98 Å². The fourth-order valence-corrected chi connectivity index (χ4v) is 2.06. The second kappa shape index (κ2) is 6.30. The molecular formula is C15H11F3N6O. The lowest BCUT2D eigenvalue weighted by Crippen LogP contribution is -2.17. The topological polar surface area (TPSA) is 96.5 Å². The van der Waals surface area contributed by atoms with E-state index in [1.165, 1.54) is 6.92 Å². The molecule has 25 heavy (non-hydrogen) atoms. The van der Waals surface area contributed by atoms with Crippen molar-refractivity contribution in [1.82, 2.24) is 25.1 Å². The van der Waals surface area contributed by atoms with Crippen LogP contribution in [0.1, 0.15) is 21.7 Å². The number of anilines is 1. The van der Waals surface area contributed by atoms with Crippen LogP contribution in [0.25, 0.3) is 11.5 Å². The summed E-state index contributed by atoms with van der Waals surface area (Å²) in [5, 5.41) is 8.86. The molecule has 3 aromatic rings. The van der Waals surface area contributed by atoms with Crippen LogP contribution >= 0.6 is 0 Å². The number of rotatable bonds is 3. The van der Waals surface area contributed by atoms with Gasteiger partial charge in [0.1, 0.15) is 11.4 Å². The summed E-state index contributed by atoms with van der Waals surface area (Å²) < 4.78 is 37.9. The van der Waals surface area contributed by atoms with Gasteiger partial charge in [0.2, 0.25) is 5.95 Å². The average molecular weight is 348 g/mol. The van der Waals surface area contributed by atoms with Crippen molar-refractivity contribution in [1.29, 1.82) is 0 Å². The van der Waals surface area contributed by atoms with E-state index in [-0.39, 0.29) is 17.2 Å². The van der Waals surface area contributed by atoms with Gasteiger partial charge in [-0.05, 0) is 31.2 Å². The molecular weight excluding hydrogens is 337 g/mol.